The second-order valence-electron chi connectivity index (χ2n) is 5.13. The van der Waals surface area contributed by atoms with Crippen molar-refractivity contribution in [3.8, 4) is 0 Å². The van der Waals surface area contributed by atoms with Crippen molar-refractivity contribution in [2.24, 2.45) is 0 Å². The molecule has 1 rings (SSSR count). The molecule has 0 aliphatic rings. The lowest BCUT2D eigenvalue weighted by atomic mass is 10.1. The van der Waals surface area contributed by atoms with Gasteiger partial charge in [-0.25, -0.2) is 0 Å². The Kier molecular flexibility index (Phi) is 9.29. The van der Waals surface area contributed by atoms with Crippen LogP contribution in [0.1, 0.15) is 57.4 Å². The molecule has 1 aromatic rings. The summed E-state index contributed by atoms with van der Waals surface area (Å²) in [5.74, 6) is 0.116. The van der Waals surface area contributed by atoms with E-state index in [4.69, 9.17) is 0 Å². The lowest BCUT2D eigenvalue weighted by molar-refractivity contribution is -0.120. The highest BCUT2D eigenvalue weighted by atomic mass is 16.1. The van der Waals surface area contributed by atoms with Crippen LogP contribution in [0.2, 0.25) is 0 Å². The van der Waals surface area contributed by atoms with E-state index in [0.717, 1.165) is 18.5 Å². The predicted molar refractivity (Wildman–Crippen MR) is 86.5 cm³/mol. The maximum atomic E-state index is 11.6. The number of carbonyl (C=O) groups is 1. The first-order valence-electron chi connectivity index (χ1n) is 7.81. The zero-order valence-electron chi connectivity index (χ0n) is 12.6. The van der Waals surface area contributed by atoms with E-state index in [1.165, 1.54) is 32.1 Å². The molecule has 1 aromatic carbocycles. The first-order chi connectivity index (χ1) is 9.83. The summed E-state index contributed by atoms with van der Waals surface area (Å²) in [7, 11) is 0. The number of nitrogens with one attached hydrogen (secondary N) is 1. The van der Waals surface area contributed by atoms with Crippen LogP contribution >= 0.6 is 0 Å². The maximum absolute atomic E-state index is 11.6. The quantitative estimate of drug-likeness (QED) is 0.622. The van der Waals surface area contributed by atoms with E-state index in [-0.39, 0.29) is 5.91 Å². The zero-order chi connectivity index (χ0) is 14.5. The number of rotatable bonds is 10. The van der Waals surface area contributed by atoms with Crippen molar-refractivity contribution in [3.05, 3.63) is 42.0 Å². The Morgan fingerprint density at radius 3 is 2.50 bits per heavy atom. The van der Waals surface area contributed by atoms with E-state index in [0.29, 0.717) is 6.42 Å². The molecule has 1 N–H and O–H groups in total. The minimum Gasteiger partial charge on any atom is -0.356 e. The van der Waals surface area contributed by atoms with Gasteiger partial charge in [0.05, 0.1) is 0 Å². The summed E-state index contributed by atoms with van der Waals surface area (Å²) in [4.78, 5) is 11.6. The predicted octanol–water partition coefficient (Wildman–Crippen LogP) is 4.57. The Labute approximate surface area is 123 Å². The van der Waals surface area contributed by atoms with Gasteiger partial charge in [0.1, 0.15) is 0 Å². The number of hydrogen-bond acceptors (Lipinski definition) is 1. The van der Waals surface area contributed by atoms with Crippen molar-refractivity contribution < 1.29 is 4.79 Å². The molecule has 0 atom stereocenters. The Morgan fingerprint density at radius 2 is 1.75 bits per heavy atom. The normalized spacial score (nSPS) is 10.8. The van der Waals surface area contributed by atoms with Crippen LogP contribution in [-0.2, 0) is 4.79 Å². The number of benzene rings is 1. The SMILES string of the molecule is CCCCCCCCNC(=O)CC=Cc1ccccc1. The fourth-order valence-electron chi connectivity index (χ4n) is 2.07. The second-order valence-corrected chi connectivity index (χ2v) is 5.13. The Bertz CT molecular complexity index is 384. The van der Waals surface area contributed by atoms with Crippen molar-refractivity contribution in [2.75, 3.05) is 6.54 Å². The number of hydrogen-bond donors (Lipinski definition) is 1. The molecule has 2 nitrogen and oxygen atoms in total. The zero-order valence-corrected chi connectivity index (χ0v) is 12.6. The summed E-state index contributed by atoms with van der Waals surface area (Å²) in [6.07, 6.45) is 11.9. The van der Waals surface area contributed by atoms with Gasteiger partial charge in [-0.3, -0.25) is 4.79 Å². The summed E-state index contributed by atoms with van der Waals surface area (Å²) in [6.45, 7) is 3.04. The van der Waals surface area contributed by atoms with Gasteiger partial charge in [0.15, 0.2) is 0 Å². The van der Waals surface area contributed by atoms with Crippen LogP contribution in [-0.4, -0.2) is 12.5 Å². The molecule has 0 aromatic heterocycles. The van der Waals surface area contributed by atoms with Crippen LogP contribution in [0.15, 0.2) is 36.4 Å². The van der Waals surface area contributed by atoms with E-state index in [9.17, 15) is 4.79 Å². The summed E-state index contributed by atoms with van der Waals surface area (Å²) >= 11 is 0. The molecule has 0 unspecified atom stereocenters. The molecule has 0 aliphatic heterocycles. The molecule has 2 heteroatoms. The van der Waals surface area contributed by atoms with Crippen molar-refractivity contribution in [2.45, 2.75) is 51.9 Å². The summed E-state index contributed by atoms with van der Waals surface area (Å²) in [5.41, 5.74) is 1.14. The van der Waals surface area contributed by atoms with E-state index in [1.807, 2.05) is 42.5 Å². The number of carbonyl (C=O) groups excluding carboxylic acids is 1. The van der Waals surface area contributed by atoms with Gasteiger partial charge in [-0.1, -0.05) is 81.5 Å². The fraction of sp³-hybridized carbons (Fsp3) is 0.500. The molecule has 0 spiro atoms. The highest BCUT2D eigenvalue weighted by molar-refractivity contribution is 5.78. The van der Waals surface area contributed by atoms with Crippen LogP contribution in [0.5, 0.6) is 0 Å². The first kappa shape index (κ1) is 16.5. The minimum atomic E-state index is 0.116. The largest absolute Gasteiger partial charge is 0.356 e. The molecule has 0 bridgehead atoms. The van der Waals surface area contributed by atoms with Crippen molar-refractivity contribution in [1.29, 1.82) is 0 Å². The average molecular weight is 273 g/mol. The fourth-order valence-corrected chi connectivity index (χ4v) is 2.07. The first-order valence-corrected chi connectivity index (χ1v) is 7.81. The van der Waals surface area contributed by atoms with Gasteiger partial charge < -0.3 is 5.32 Å². The van der Waals surface area contributed by atoms with Crippen molar-refractivity contribution >= 4 is 12.0 Å². The van der Waals surface area contributed by atoms with E-state index in [2.05, 4.69) is 12.2 Å². The average Bonchev–Trinajstić information content (AvgIpc) is 2.47. The second kappa shape index (κ2) is 11.3. The summed E-state index contributed by atoms with van der Waals surface area (Å²) in [5, 5.41) is 2.97. The van der Waals surface area contributed by atoms with Gasteiger partial charge >= 0.3 is 0 Å². The van der Waals surface area contributed by atoms with Gasteiger partial charge in [0.2, 0.25) is 5.91 Å². The Balaban J connectivity index is 2.02. The maximum Gasteiger partial charge on any atom is 0.223 e. The molecule has 0 fully saturated rings. The smallest absolute Gasteiger partial charge is 0.223 e. The third kappa shape index (κ3) is 8.52. The lowest BCUT2D eigenvalue weighted by Gasteiger charge is -2.03. The summed E-state index contributed by atoms with van der Waals surface area (Å²) < 4.78 is 0. The van der Waals surface area contributed by atoms with Gasteiger partial charge in [0.25, 0.3) is 0 Å². The van der Waals surface area contributed by atoms with Crippen molar-refractivity contribution in [1.82, 2.24) is 5.32 Å². The molecule has 0 saturated carbocycles. The van der Waals surface area contributed by atoms with E-state index in [1.54, 1.807) is 0 Å². The Hall–Kier alpha value is -1.57. The molecule has 20 heavy (non-hydrogen) atoms. The number of unbranched alkanes of at least 4 members (excludes halogenated alkanes) is 5. The van der Waals surface area contributed by atoms with Gasteiger partial charge in [-0.05, 0) is 12.0 Å². The number of amides is 1. The molecule has 0 aliphatic carbocycles. The molecule has 1 amide bonds. The van der Waals surface area contributed by atoms with E-state index < -0.39 is 0 Å². The highest BCUT2D eigenvalue weighted by Crippen LogP contribution is 2.04. The van der Waals surface area contributed by atoms with Gasteiger partial charge in [-0.2, -0.15) is 0 Å². The monoisotopic (exact) mass is 273 g/mol. The molecular formula is C18H27NO. The minimum absolute atomic E-state index is 0.116. The van der Waals surface area contributed by atoms with Gasteiger partial charge in [0, 0.05) is 13.0 Å². The molecule has 0 heterocycles. The topological polar surface area (TPSA) is 29.1 Å². The standard InChI is InChI=1S/C18H27NO/c1-2-3-4-5-6-10-16-19-18(20)15-11-14-17-12-8-7-9-13-17/h7-9,11-14H,2-6,10,15-16H2,1H3,(H,19,20). The van der Waals surface area contributed by atoms with Crippen LogP contribution in [0.3, 0.4) is 0 Å². The lowest BCUT2D eigenvalue weighted by Crippen LogP contribution is -2.23. The van der Waals surface area contributed by atoms with Crippen LogP contribution in [0.4, 0.5) is 0 Å². The molecular weight excluding hydrogens is 246 g/mol. The molecule has 110 valence electrons. The third-order valence-electron chi connectivity index (χ3n) is 3.27. The van der Waals surface area contributed by atoms with Crippen LogP contribution < -0.4 is 5.32 Å². The summed E-state index contributed by atoms with van der Waals surface area (Å²) in [6, 6.07) is 10.1. The van der Waals surface area contributed by atoms with E-state index >= 15 is 0 Å². The van der Waals surface area contributed by atoms with Gasteiger partial charge in [-0.15, -0.1) is 0 Å². The van der Waals surface area contributed by atoms with Crippen molar-refractivity contribution in [3.63, 3.8) is 0 Å². The highest BCUT2D eigenvalue weighted by Gasteiger charge is 1.97. The Morgan fingerprint density at radius 1 is 1.05 bits per heavy atom. The van der Waals surface area contributed by atoms with Crippen LogP contribution in [0, 0.1) is 0 Å². The van der Waals surface area contributed by atoms with Crippen LogP contribution in [0.25, 0.3) is 6.08 Å². The molecule has 0 radical (unpaired) electrons. The third-order valence-corrected chi connectivity index (χ3v) is 3.27. The molecule has 0 saturated heterocycles.